The minimum atomic E-state index is -0.753. The van der Waals surface area contributed by atoms with Crippen molar-refractivity contribution in [1.29, 1.82) is 0 Å². The van der Waals surface area contributed by atoms with Crippen molar-refractivity contribution < 1.29 is 19.4 Å². The second kappa shape index (κ2) is 6.13. The van der Waals surface area contributed by atoms with E-state index in [2.05, 4.69) is 0 Å². The molecule has 5 nitrogen and oxygen atoms in total. The predicted octanol–water partition coefficient (Wildman–Crippen LogP) is 1.93. The molecule has 0 radical (unpaired) electrons. The fourth-order valence-corrected chi connectivity index (χ4v) is 2.76. The van der Waals surface area contributed by atoms with Gasteiger partial charge in [0, 0.05) is 13.1 Å². The Labute approximate surface area is 119 Å². The van der Waals surface area contributed by atoms with Crippen LogP contribution in [0.2, 0.25) is 0 Å². The first-order chi connectivity index (χ1) is 9.60. The first-order valence-electron chi connectivity index (χ1n) is 6.81. The van der Waals surface area contributed by atoms with Gasteiger partial charge in [0.15, 0.2) is 11.5 Å². The van der Waals surface area contributed by atoms with E-state index in [1.165, 1.54) is 5.56 Å². The van der Waals surface area contributed by atoms with Gasteiger partial charge in [-0.1, -0.05) is 6.92 Å². The Morgan fingerprint density at radius 3 is 2.40 bits per heavy atom. The van der Waals surface area contributed by atoms with Crippen molar-refractivity contribution in [2.75, 3.05) is 20.8 Å². The summed E-state index contributed by atoms with van der Waals surface area (Å²) in [6, 6.07) is 3.53. The van der Waals surface area contributed by atoms with Gasteiger partial charge < -0.3 is 14.6 Å². The van der Waals surface area contributed by atoms with Crippen molar-refractivity contribution in [3.8, 4) is 11.5 Å². The number of fused-ring (bicyclic) bond motifs is 1. The lowest BCUT2D eigenvalue weighted by Gasteiger charge is -2.33. The average molecular weight is 279 g/mol. The number of ether oxygens (including phenoxy) is 2. The summed E-state index contributed by atoms with van der Waals surface area (Å²) in [4.78, 5) is 13.3. The Bertz CT molecular complexity index is 501. The summed E-state index contributed by atoms with van der Waals surface area (Å²) in [6.45, 7) is 3.30. The number of aliphatic carboxylic acids is 1. The molecule has 0 aliphatic carbocycles. The molecule has 0 saturated heterocycles. The van der Waals surface area contributed by atoms with Crippen molar-refractivity contribution in [3.63, 3.8) is 0 Å². The number of hydrogen-bond acceptors (Lipinski definition) is 4. The number of hydrogen-bond donors (Lipinski definition) is 1. The van der Waals surface area contributed by atoms with E-state index < -0.39 is 12.0 Å². The zero-order valence-electron chi connectivity index (χ0n) is 12.2. The Morgan fingerprint density at radius 1 is 1.30 bits per heavy atom. The van der Waals surface area contributed by atoms with Gasteiger partial charge in [-0.15, -0.1) is 0 Å². The number of benzene rings is 1. The van der Waals surface area contributed by atoms with E-state index in [1.807, 2.05) is 24.0 Å². The molecule has 20 heavy (non-hydrogen) atoms. The van der Waals surface area contributed by atoms with Gasteiger partial charge >= 0.3 is 5.97 Å². The predicted molar refractivity (Wildman–Crippen MR) is 75.4 cm³/mol. The Hall–Kier alpha value is -1.75. The number of carbonyl (C=O) groups is 1. The highest BCUT2D eigenvalue weighted by Gasteiger charge is 2.28. The molecule has 0 aromatic heterocycles. The molecular weight excluding hydrogens is 258 g/mol. The van der Waals surface area contributed by atoms with Gasteiger partial charge in [-0.25, -0.2) is 0 Å². The van der Waals surface area contributed by atoms with Gasteiger partial charge in [0.1, 0.15) is 6.04 Å². The number of carboxylic acids is 1. The molecule has 1 atom stereocenters. The molecule has 1 aliphatic rings. The second-order valence-electron chi connectivity index (χ2n) is 4.96. The molecule has 0 spiro atoms. The van der Waals surface area contributed by atoms with Crippen molar-refractivity contribution in [2.45, 2.75) is 32.4 Å². The zero-order chi connectivity index (χ0) is 14.7. The van der Waals surface area contributed by atoms with Crippen LogP contribution in [-0.2, 0) is 17.8 Å². The molecule has 1 unspecified atom stereocenters. The van der Waals surface area contributed by atoms with Crippen LogP contribution in [0.3, 0.4) is 0 Å². The maximum Gasteiger partial charge on any atom is 0.320 e. The molecular formula is C15H21NO4. The molecule has 110 valence electrons. The molecule has 0 bridgehead atoms. The molecule has 1 aromatic carbocycles. The highest BCUT2D eigenvalue weighted by molar-refractivity contribution is 5.73. The van der Waals surface area contributed by atoms with Crippen LogP contribution in [-0.4, -0.2) is 42.8 Å². The highest BCUT2D eigenvalue weighted by Crippen LogP contribution is 2.33. The Morgan fingerprint density at radius 2 is 1.90 bits per heavy atom. The minimum Gasteiger partial charge on any atom is -0.493 e. The van der Waals surface area contributed by atoms with E-state index in [1.54, 1.807) is 14.2 Å². The maximum absolute atomic E-state index is 11.3. The normalized spacial score (nSPS) is 16.4. The van der Waals surface area contributed by atoms with Crippen LogP contribution in [0.25, 0.3) is 0 Å². The number of rotatable bonds is 5. The van der Waals surface area contributed by atoms with Gasteiger partial charge in [0.05, 0.1) is 14.2 Å². The summed E-state index contributed by atoms with van der Waals surface area (Å²) in [7, 11) is 3.23. The third kappa shape index (κ3) is 2.72. The van der Waals surface area contributed by atoms with Gasteiger partial charge in [-0.2, -0.15) is 0 Å². The van der Waals surface area contributed by atoms with Crippen LogP contribution >= 0.6 is 0 Å². The van der Waals surface area contributed by atoms with Gasteiger partial charge in [0.2, 0.25) is 0 Å². The molecule has 0 amide bonds. The molecule has 0 fully saturated rings. The third-order valence-corrected chi connectivity index (χ3v) is 3.86. The topological polar surface area (TPSA) is 59.0 Å². The molecule has 1 N–H and O–H groups in total. The van der Waals surface area contributed by atoms with Gasteiger partial charge in [-0.3, -0.25) is 9.69 Å². The summed E-state index contributed by atoms with van der Waals surface area (Å²) in [5.74, 6) is 0.665. The van der Waals surface area contributed by atoms with Crippen LogP contribution in [0.4, 0.5) is 0 Å². The molecule has 1 aromatic rings. The maximum atomic E-state index is 11.3. The summed E-state index contributed by atoms with van der Waals surface area (Å²) >= 11 is 0. The quantitative estimate of drug-likeness (QED) is 0.892. The lowest BCUT2D eigenvalue weighted by atomic mass is 9.97. The standard InChI is InChI=1S/C15H21NO4/c1-4-12(15(17)18)16-6-5-10-7-13(19-2)14(20-3)8-11(10)9-16/h7-8,12H,4-6,9H2,1-3H3,(H,17,18). The summed E-state index contributed by atoms with van der Waals surface area (Å²) in [5.41, 5.74) is 2.33. The molecule has 0 saturated carbocycles. The highest BCUT2D eigenvalue weighted by atomic mass is 16.5. The smallest absolute Gasteiger partial charge is 0.320 e. The lowest BCUT2D eigenvalue weighted by molar-refractivity contribution is -0.143. The minimum absolute atomic E-state index is 0.420. The molecule has 1 heterocycles. The van der Waals surface area contributed by atoms with Crippen LogP contribution < -0.4 is 9.47 Å². The Balaban J connectivity index is 2.27. The zero-order valence-corrected chi connectivity index (χ0v) is 12.2. The van der Waals surface area contributed by atoms with E-state index in [9.17, 15) is 9.90 Å². The SMILES string of the molecule is CCC(C(=O)O)N1CCc2cc(OC)c(OC)cc2C1. The first kappa shape index (κ1) is 14.7. The van der Waals surface area contributed by atoms with E-state index in [4.69, 9.17) is 9.47 Å². The van der Waals surface area contributed by atoms with Gasteiger partial charge in [-0.05, 0) is 36.1 Å². The molecule has 5 heteroatoms. The van der Waals surface area contributed by atoms with Crippen LogP contribution in [0.5, 0.6) is 11.5 Å². The summed E-state index contributed by atoms with van der Waals surface area (Å²) < 4.78 is 10.6. The summed E-state index contributed by atoms with van der Waals surface area (Å²) in [6.07, 6.45) is 1.44. The molecule has 2 rings (SSSR count). The third-order valence-electron chi connectivity index (χ3n) is 3.86. The van der Waals surface area contributed by atoms with Crippen molar-refractivity contribution in [2.24, 2.45) is 0 Å². The number of nitrogens with zero attached hydrogens (tertiary/aromatic N) is 1. The first-order valence-corrected chi connectivity index (χ1v) is 6.81. The van der Waals surface area contributed by atoms with Crippen molar-refractivity contribution >= 4 is 5.97 Å². The largest absolute Gasteiger partial charge is 0.493 e. The van der Waals surface area contributed by atoms with Gasteiger partial charge in [0.25, 0.3) is 0 Å². The fraction of sp³-hybridized carbons (Fsp3) is 0.533. The molecule has 1 aliphatic heterocycles. The van der Waals surface area contributed by atoms with Crippen molar-refractivity contribution in [1.82, 2.24) is 4.90 Å². The van der Waals surface area contributed by atoms with Crippen LogP contribution in [0.15, 0.2) is 12.1 Å². The van der Waals surface area contributed by atoms with Crippen LogP contribution in [0, 0.1) is 0 Å². The lowest BCUT2D eigenvalue weighted by Crippen LogP contribution is -2.43. The van der Waals surface area contributed by atoms with E-state index in [0.717, 1.165) is 24.3 Å². The Kier molecular flexibility index (Phi) is 4.49. The van der Waals surface area contributed by atoms with Crippen molar-refractivity contribution in [3.05, 3.63) is 23.3 Å². The number of carboxylic acid groups (broad SMARTS) is 1. The fourth-order valence-electron chi connectivity index (χ4n) is 2.76. The van der Waals surface area contributed by atoms with E-state index in [-0.39, 0.29) is 0 Å². The monoisotopic (exact) mass is 279 g/mol. The average Bonchev–Trinajstić information content (AvgIpc) is 2.46. The number of methoxy groups -OCH3 is 2. The van der Waals surface area contributed by atoms with E-state index >= 15 is 0 Å². The van der Waals surface area contributed by atoms with Crippen LogP contribution in [0.1, 0.15) is 24.5 Å². The second-order valence-corrected chi connectivity index (χ2v) is 4.96. The summed E-state index contributed by atoms with van der Waals surface area (Å²) in [5, 5.41) is 9.27. The van der Waals surface area contributed by atoms with E-state index in [0.29, 0.717) is 18.7 Å².